The van der Waals surface area contributed by atoms with E-state index in [4.69, 9.17) is 6.42 Å². The van der Waals surface area contributed by atoms with Gasteiger partial charge in [-0.1, -0.05) is 12.0 Å². The highest BCUT2D eigenvalue weighted by Gasteiger charge is 2.13. The Hall–Kier alpha value is -3.19. The number of rotatable bonds is 2. The number of benzene rings is 2. The Morgan fingerprint density at radius 2 is 2.04 bits per heavy atom. The Morgan fingerprint density at radius 1 is 1.22 bits per heavy atom. The van der Waals surface area contributed by atoms with Crippen LogP contribution in [0.5, 0.6) is 0 Å². The number of aryl methyl sites for hydroxylation is 1. The van der Waals surface area contributed by atoms with Crippen molar-refractivity contribution < 1.29 is 9.18 Å². The second kappa shape index (κ2) is 5.90. The van der Waals surface area contributed by atoms with Gasteiger partial charge in [-0.25, -0.2) is 4.39 Å². The highest BCUT2D eigenvalue weighted by Crippen LogP contribution is 2.21. The van der Waals surface area contributed by atoms with E-state index in [9.17, 15) is 9.18 Å². The van der Waals surface area contributed by atoms with E-state index in [0.29, 0.717) is 33.4 Å². The van der Waals surface area contributed by atoms with E-state index in [1.807, 2.05) is 0 Å². The molecule has 0 aliphatic heterocycles. The third-order valence-electron chi connectivity index (χ3n) is 3.43. The van der Waals surface area contributed by atoms with Gasteiger partial charge >= 0.3 is 0 Å². The van der Waals surface area contributed by atoms with Crippen molar-refractivity contribution in [3.8, 4) is 12.3 Å². The fourth-order valence-corrected chi connectivity index (χ4v) is 2.41. The lowest BCUT2D eigenvalue weighted by Gasteiger charge is -2.09. The number of fused-ring (bicyclic) bond motifs is 1. The molecule has 1 aromatic heterocycles. The Kier molecular flexibility index (Phi) is 3.78. The molecule has 3 aromatic rings. The molecule has 0 aliphatic carbocycles. The van der Waals surface area contributed by atoms with Crippen molar-refractivity contribution in [3.05, 3.63) is 71.2 Å². The molecule has 0 spiro atoms. The number of carbonyl (C=O) groups excluding carboxylic acids is 1. The highest BCUT2D eigenvalue weighted by atomic mass is 19.1. The third kappa shape index (κ3) is 3.04. The van der Waals surface area contributed by atoms with Crippen molar-refractivity contribution in [1.82, 2.24) is 4.98 Å². The molecule has 0 bridgehead atoms. The van der Waals surface area contributed by atoms with E-state index in [2.05, 4.69) is 16.2 Å². The van der Waals surface area contributed by atoms with Gasteiger partial charge < -0.3 is 5.32 Å². The minimum atomic E-state index is -0.385. The summed E-state index contributed by atoms with van der Waals surface area (Å²) in [7, 11) is 0. The van der Waals surface area contributed by atoms with Crippen molar-refractivity contribution in [2.45, 2.75) is 6.92 Å². The number of hydrogen-bond acceptors (Lipinski definition) is 2. The second-order valence-electron chi connectivity index (χ2n) is 5.15. The minimum absolute atomic E-state index is 0.290. The molecular formula is C19H13FN2O. The van der Waals surface area contributed by atoms with Crippen LogP contribution in [0.25, 0.3) is 10.9 Å². The Bertz CT molecular complexity index is 952. The first-order chi connectivity index (χ1) is 11.1. The van der Waals surface area contributed by atoms with E-state index in [1.54, 1.807) is 43.3 Å². The average Bonchev–Trinajstić information content (AvgIpc) is 2.53. The van der Waals surface area contributed by atoms with E-state index in [1.165, 1.54) is 12.1 Å². The summed E-state index contributed by atoms with van der Waals surface area (Å²) in [5.41, 5.74) is 2.83. The van der Waals surface area contributed by atoms with Crippen LogP contribution >= 0.6 is 0 Å². The second-order valence-corrected chi connectivity index (χ2v) is 5.15. The zero-order valence-corrected chi connectivity index (χ0v) is 12.4. The normalized spacial score (nSPS) is 10.3. The van der Waals surface area contributed by atoms with Crippen LogP contribution in [-0.2, 0) is 0 Å². The van der Waals surface area contributed by atoms with E-state index in [-0.39, 0.29) is 11.7 Å². The maximum absolute atomic E-state index is 13.4. The van der Waals surface area contributed by atoms with Crippen molar-refractivity contribution in [1.29, 1.82) is 0 Å². The minimum Gasteiger partial charge on any atom is -0.322 e. The lowest BCUT2D eigenvalue weighted by molar-refractivity contribution is 0.102. The van der Waals surface area contributed by atoms with E-state index in [0.717, 1.165) is 0 Å². The van der Waals surface area contributed by atoms with Gasteiger partial charge in [-0.05, 0) is 43.3 Å². The van der Waals surface area contributed by atoms with Gasteiger partial charge in [0.2, 0.25) is 0 Å². The average molecular weight is 304 g/mol. The van der Waals surface area contributed by atoms with Crippen LogP contribution in [0.15, 0.2) is 48.5 Å². The van der Waals surface area contributed by atoms with Gasteiger partial charge in [0, 0.05) is 28.4 Å². The number of nitrogens with one attached hydrogen (secondary N) is 1. The van der Waals surface area contributed by atoms with Gasteiger partial charge in [0.1, 0.15) is 5.82 Å². The molecule has 1 amide bonds. The van der Waals surface area contributed by atoms with Gasteiger partial charge in [0.15, 0.2) is 0 Å². The van der Waals surface area contributed by atoms with Gasteiger partial charge in [0.05, 0.1) is 11.1 Å². The maximum Gasteiger partial charge on any atom is 0.256 e. The smallest absolute Gasteiger partial charge is 0.256 e. The first-order valence-corrected chi connectivity index (χ1v) is 7.02. The van der Waals surface area contributed by atoms with E-state index < -0.39 is 0 Å². The summed E-state index contributed by atoms with van der Waals surface area (Å²) in [4.78, 5) is 16.8. The van der Waals surface area contributed by atoms with Gasteiger partial charge in [0.25, 0.3) is 5.91 Å². The summed E-state index contributed by atoms with van der Waals surface area (Å²) in [5, 5.41) is 3.41. The number of hydrogen-bond donors (Lipinski definition) is 1. The van der Waals surface area contributed by atoms with E-state index >= 15 is 0 Å². The molecule has 0 saturated heterocycles. The van der Waals surface area contributed by atoms with Crippen LogP contribution in [0.1, 0.15) is 21.6 Å². The number of halogens is 1. The topological polar surface area (TPSA) is 42.0 Å². The number of carbonyl (C=O) groups is 1. The quantitative estimate of drug-likeness (QED) is 0.729. The largest absolute Gasteiger partial charge is 0.322 e. The number of amides is 1. The van der Waals surface area contributed by atoms with Crippen LogP contribution in [0.2, 0.25) is 0 Å². The SMILES string of the molecule is C#Cc1cccc(NC(=O)c2cc(C)nc3cc(F)ccc23)c1. The maximum atomic E-state index is 13.4. The van der Waals surface area contributed by atoms with Crippen LogP contribution in [0, 0.1) is 25.1 Å². The predicted octanol–water partition coefficient (Wildman–Crippen LogP) is 3.92. The molecule has 0 fully saturated rings. The summed E-state index contributed by atoms with van der Waals surface area (Å²) in [6.07, 6.45) is 5.36. The van der Waals surface area contributed by atoms with Gasteiger partial charge in [-0.3, -0.25) is 9.78 Å². The molecule has 0 aliphatic rings. The molecular weight excluding hydrogens is 291 g/mol. The van der Waals surface area contributed by atoms with Crippen LogP contribution in [-0.4, -0.2) is 10.9 Å². The Morgan fingerprint density at radius 3 is 2.83 bits per heavy atom. The molecule has 23 heavy (non-hydrogen) atoms. The lowest BCUT2D eigenvalue weighted by atomic mass is 10.1. The Balaban J connectivity index is 2.02. The fraction of sp³-hybridized carbons (Fsp3) is 0.0526. The molecule has 0 unspecified atom stereocenters. The number of anilines is 1. The summed E-state index contributed by atoms with van der Waals surface area (Å²) < 4.78 is 13.4. The molecule has 1 N–H and O–H groups in total. The summed E-state index contributed by atoms with van der Waals surface area (Å²) >= 11 is 0. The highest BCUT2D eigenvalue weighted by molar-refractivity contribution is 6.12. The van der Waals surface area contributed by atoms with Crippen molar-refractivity contribution in [3.63, 3.8) is 0 Å². The van der Waals surface area contributed by atoms with Gasteiger partial charge in [-0.2, -0.15) is 0 Å². The molecule has 112 valence electrons. The molecule has 2 aromatic carbocycles. The van der Waals surface area contributed by atoms with Crippen LogP contribution in [0.3, 0.4) is 0 Å². The number of aromatic nitrogens is 1. The van der Waals surface area contributed by atoms with Crippen molar-refractivity contribution in [2.75, 3.05) is 5.32 Å². The summed E-state index contributed by atoms with van der Waals surface area (Å²) in [6.45, 7) is 1.76. The third-order valence-corrected chi connectivity index (χ3v) is 3.43. The molecule has 3 nitrogen and oxygen atoms in total. The zero-order chi connectivity index (χ0) is 16.4. The first kappa shape index (κ1) is 14.7. The van der Waals surface area contributed by atoms with Crippen LogP contribution < -0.4 is 5.32 Å². The van der Waals surface area contributed by atoms with Crippen LogP contribution in [0.4, 0.5) is 10.1 Å². The molecule has 1 heterocycles. The molecule has 0 radical (unpaired) electrons. The molecule has 0 saturated carbocycles. The summed E-state index contributed by atoms with van der Waals surface area (Å²) in [6, 6.07) is 12.9. The number of nitrogens with zero attached hydrogens (tertiary/aromatic N) is 1. The number of terminal acetylenes is 1. The lowest BCUT2D eigenvalue weighted by Crippen LogP contribution is -2.13. The monoisotopic (exact) mass is 304 g/mol. The standard InChI is InChI=1S/C19H13FN2O/c1-3-13-5-4-6-15(10-13)22-19(23)17-9-12(2)21-18-11-14(20)7-8-16(17)18/h1,4-11H,2H3,(H,22,23). The fourth-order valence-electron chi connectivity index (χ4n) is 2.41. The zero-order valence-electron chi connectivity index (χ0n) is 12.4. The Labute approximate surface area is 133 Å². The summed E-state index contributed by atoms with van der Waals surface area (Å²) in [5.74, 6) is 1.85. The first-order valence-electron chi connectivity index (χ1n) is 7.02. The predicted molar refractivity (Wildman–Crippen MR) is 88.8 cm³/mol. The molecule has 3 rings (SSSR count). The molecule has 4 heteroatoms. The van der Waals surface area contributed by atoms with Crippen molar-refractivity contribution >= 4 is 22.5 Å². The molecule has 0 atom stereocenters. The van der Waals surface area contributed by atoms with Crippen molar-refractivity contribution in [2.24, 2.45) is 0 Å². The number of pyridine rings is 1. The van der Waals surface area contributed by atoms with Gasteiger partial charge in [-0.15, -0.1) is 6.42 Å².